The van der Waals surface area contributed by atoms with Crippen LogP contribution < -0.4 is 4.90 Å². The van der Waals surface area contributed by atoms with Gasteiger partial charge in [0.2, 0.25) is 5.91 Å². The van der Waals surface area contributed by atoms with Gasteiger partial charge < -0.3 is 9.80 Å². The average molecular weight is 335 g/mol. The number of nitrogens with zero attached hydrogens (tertiary/aromatic N) is 3. The standard InChI is InChI=1S/C17H19F2N3O2/c1-3-7-20(8-4-2)16(23)12-21-9-10-22(17(21)24)13-5-6-14(18)15(19)11-13/h3-6,11H,1-2,7-10,12H2. The second kappa shape index (κ2) is 7.72. The largest absolute Gasteiger partial charge is 0.334 e. The molecule has 5 nitrogen and oxygen atoms in total. The third-order valence-corrected chi connectivity index (χ3v) is 3.69. The van der Waals surface area contributed by atoms with Gasteiger partial charge in [0.1, 0.15) is 6.54 Å². The van der Waals surface area contributed by atoms with Crippen LogP contribution in [0.3, 0.4) is 0 Å². The third kappa shape index (κ3) is 3.79. The Morgan fingerprint density at radius 1 is 1.17 bits per heavy atom. The summed E-state index contributed by atoms with van der Waals surface area (Å²) >= 11 is 0. The van der Waals surface area contributed by atoms with Crippen LogP contribution in [-0.2, 0) is 4.79 Å². The highest BCUT2D eigenvalue weighted by atomic mass is 19.2. The van der Waals surface area contributed by atoms with Gasteiger partial charge in [-0.2, -0.15) is 0 Å². The molecule has 0 saturated carbocycles. The lowest BCUT2D eigenvalue weighted by atomic mass is 10.3. The van der Waals surface area contributed by atoms with Crippen LogP contribution in [-0.4, -0.2) is 54.5 Å². The van der Waals surface area contributed by atoms with Crippen molar-refractivity contribution in [1.82, 2.24) is 9.80 Å². The minimum absolute atomic E-state index is 0.0826. The maximum absolute atomic E-state index is 13.3. The molecule has 0 aromatic heterocycles. The number of anilines is 1. The molecule has 0 N–H and O–H groups in total. The molecule has 128 valence electrons. The summed E-state index contributed by atoms with van der Waals surface area (Å²) in [5, 5.41) is 0. The maximum Gasteiger partial charge on any atom is 0.325 e. The first kappa shape index (κ1) is 17.7. The van der Waals surface area contributed by atoms with Crippen molar-refractivity contribution in [2.75, 3.05) is 37.6 Å². The molecule has 0 aliphatic carbocycles. The van der Waals surface area contributed by atoms with Gasteiger partial charge in [0.15, 0.2) is 11.6 Å². The molecular formula is C17H19F2N3O2. The minimum atomic E-state index is -1.02. The van der Waals surface area contributed by atoms with Crippen LogP contribution in [0, 0.1) is 11.6 Å². The number of urea groups is 1. The Labute approximate surface area is 139 Å². The molecule has 1 aromatic rings. The Bertz CT molecular complexity index is 653. The first-order valence-electron chi connectivity index (χ1n) is 7.49. The lowest BCUT2D eigenvalue weighted by molar-refractivity contribution is -0.130. The number of halogens is 2. The lowest BCUT2D eigenvalue weighted by Crippen LogP contribution is -2.42. The number of amides is 3. The normalized spacial score (nSPS) is 14.0. The van der Waals surface area contributed by atoms with Gasteiger partial charge in [-0.05, 0) is 12.1 Å². The SMILES string of the molecule is C=CCN(CC=C)C(=O)CN1CCN(c2ccc(F)c(F)c2)C1=O. The number of carbonyl (C=O) groups is 2. The van der Waals surface area contributed by atoms with E-state index < -0.39 is 17.7 Å². The second-order valence-corrected chi connectivity index (χ2v) is 5.33. The molecule has 1 heterocycles. The zero-order valence-electron chi connectivity index (χ0n) is 13.3. The van der Waals surface area contributed by atoms with E-state index in [1.807, 2.05) is 0 Å². The Hall–Kier alpha value is -2.70. The van der Waals surface area contributed by atoms with Crippen molar-refractivity contribution in [2.24, 2.45) is 0 Å². The fourth-order valence-corrected chi connectivity index (χ4v) is 2.47. The van der Waals surface area contributed by atoms with E-state index in [2.05, 4.69) is 13.2 Å². The van der Waals surface area contributed by atoms with Crippen molar-refractivity contribution in [3.05, 3.63) is 55.1 Å². The van der Waals surface area contributed by atoms with E-state index in [9.17, 15) is 18.4 Å². The van der Waals surface area contributed by atoms with E-state index in [4.69, 9.17) is 0 Å². The number of rotatable bonds is 7. The van der Waals surface area contributed by atoms with Crippen LogP contribution in [0.2, 0.25) is 0 Å². The number of hydrogen-bond donors (Lipinski definition) is 0. The summed E-state index contributed by atoms with van der Waals surface area (Å²) in [6, 6.07) is 2.87. The molecule has 24 heavy (non-hydrogen) atoms. The molecule has 0 bridgehead atoms. The van der Waals surface area contributed by atoms with Gasteiger partial charge in [0.05, 0.1) is 0 Å². The fraction of sp³-hybridized carbons (Fsp3) is 0.294. The molecule has 3 amide bonds. The maximum atomic E-state index is 13.3. The minimum Gasteiger partial charge on any atom is -0.334 e. The van der Waals surface area contributed by atoms with Crippen LogP contribution in [0.25, 0.3) is 0 Å². The predicted molar refractivity (Wildman–Crippen MR) is 87.6 cm³/mol. The van der Waals surface area contributed by atoms with Gasteiger partial charge in [-0.3, -0.25) is 9.69 Å². The summed E-state index contributed by atoms with van der Waals surface area (Å²) in [6.45, 7) is 8.47. The molecule has 0 radical (unpaired) electrons. The Kier molecular flexibility index (Phi) is 5.68. The van der Waals surface area contributed by atoms with Gasteiger partial charge in [-0.25, -0.2) is 13.6 Å². The van der Waals surface area contributed by atoms with Crippen molar-refractivity contribution < 1.29 is 18.4 Å². The van der Waals surface area contributed by atoms with Crippen molar-refractivity contribution in [2.45, 2.75) is 0 Å². The summed E-state index contributed by atoms with van der Waals surface area (Å²) < 4.78 is 26.3. The smallest absolute Gasteiger partial charge is 0.325 e. The van der Waals surface area contributed by atoms with Crippen LogP contribution in [0.15, 0.2) is 43.5 Å². The molecule has 2 rings (SSSR count). The van der Waals surface area contributed by atoms with Crippen molar-refractivity contribution in [3.8, 4) is 0 Å². The van der Waals surface area contributed by atoms with E-state index in [0.717, 1.165) is 12.1 Å². The molecule has 1 fully saturated rings. The number of benzene rings is 1. The Morgan fingerprint density at radius 3 is 2.42 bits per heavy atom. The van der Waals surface area contributed by atoms with Gasteiger partial charge in [0.25, 0.3) is 0 Å². The molecular weight excluding hydrogens is 316 g/mol. The van der Waals surface area contributed by atoms with Crippen LogP contribution in [0.5, 0.6) is 0 Å². The Balaban J connectivity index is 2.05. The monoisotopic (exact) mass is 335 g/mol. The molecule has 1 aliphatic heterocycles. The van der Waals surface area contributed by atoms with E-state index in [1.165, 1.54) is 20.8 Å². The van der Waals surface area contributed by atoms with Crippen LogP contribution >= 0.6 is 0 Å². The number of carbonyl (C=O) groups excluding carboxylic acids is 2. The molecule has 1 aliphatic rings. The van der Waals surface area contributed by atoms with Gasteiger partial charge in [0, 0.05) is 37.9 Å². The van der Waals surface area contributed by atoms with Gasteiger partial charge in [-0.1, -0.05) is 12.2 Å². The highest BCUT2D eigenvalue weighted by Crippen LogP contribution is 2.22. The van der Waals surface area contributed by atoms with Crippen molar-refractivity contribution in [1.29, 1.82) is 0 Å². The first-order chi connectivity index (χ1) is 11.5. The molecule has 1 saturated heterocycles. The van der Waals surface area contributed by atoms with E-state index in [0.29, 0.717) is 26.2 Å². The highest BCUT2D eigenvalue weighted by Gasteiger charge is 2.32. The van der Waals surface area contributed by atoms with Crippen LogP contribution in [0.4, 0.5) is 19.3 Å². The molecule has 0 unspecified atom stereocenters. The topological polar surface area (TPSA) is 43.9 Å². The average Bonchev–Trinajstić information content (AvgIpc) is 2.91. The van der Waals surface area contributed by atoms with E-state index in [-0.39, 0.29) is 18.1 Å². The summed E-state index contributed by atoms with van der Waals surface area (Å²) in [5.74, 6) is -2.21. The highest BCUT2D eigenvalue weighted by molar-refractivity contribution is 5.96. The molecule has 0 atom stereocenters. The quantitative estimate of drug-likeness (QED) is 0.718. The molecule has 7 heteroatoms. The molecule has 0 spiro atoms. The zero-order valence-corrected chi connectivity index (χ0v) is 13.3. The summed E-state index contributed by atoms with van der Waals surface area (Å²) in [5.41, 5.74) is 0.267. The summed E-state index contributed by atoms with van der Waals surface area (Å²) in [6.07, 6.45) is 3.20. The third-order valence-electron chi connectivity index (χ3n) is 3.69. The molecule has 1 aromatic carbocycles. The van der Waals surface area contributed by atoms with Crippen molar-refractivity contribution >= 4 is 17.6 Å². The predicted octanol–water partition coefficient (Wildman–Crippen LogP) is 2.41. The van der Waals surface area contributed by atoms with Gasteiger partial charge >= 0.3 is 6.03 Å². The zero-order chi connectivity index (χ0) is 17.7. The summed E-state index contributed by atoms with van der Waals surface area (Å²) in [4.78, 5) is 28.9. The second-order valence-electron chi connectivity index (χ2n) is 5.33. The van der Waals surface area contributed by atoms with Gasteiger partial charge in [-0.15, -0.1) is 13.2 Å². The number of hydrogen-bond acceptors (Lipinski definition) is 2. The van der Waals surface area contributed by atoms with E-state index in [1.54, 1.807) is 12.2 Å². The first-order valence-corrected chi connectivity index (χ1v) is 7.49. The lowest BCUT2D eigenvalue weighted by Gasteiger charge is -2.23. The summed E-state index contributed by atoms with van der Waals surface area (Å²) in [7, 11) is 0. The fourth-order valence-electron chi connectivity index (χ4n) is 2.47. The Morgan fingerprint density at radius 2 is 1.83 bits per heavy atom. The van der Waals surface area contributed by atoms with Crippen molar-refractivity contribution in [3.63, 3.8) is 0 Å². The van der Waals surface area contributed by atoms with Crippen LogP contribution in [0.1, 0.15) is 0 Å². The van der Waals surface area contributed by atoms with E-state index >= 15 is 0 Å².